The largest absolute Gasteiger partial charge is 0.308 e. The molecule has 1 aliphatic carbocycles. The number of hydrogen-bond donors (Lipinski definition) is 0. The molecule has 0 spiro atoms. The molecule has 2 fully saturated rings. The lowest BCUT2D eigenvalue weighted by Crippen LogP contribution is -2.55. The van der Waals surface area contributed by atoms with Gasteiger partial charge in [-0.2, -0.15) is 0 Å². The topological polar surface area (TPSA) is 20.3 Å². The van der Waals surface area contributed by atoms with Crippen LogP contribution < -0.4 is 4.90 Å². The molecule has 0 radical (unpaired) electrons. The van der Waals surface area contributed by atoms with Crippen LogP contribution in [-0.2, 0) is 4.79 Å². The number of amides is 1. The Morgan fingerprint density at radius 2 is 2.24 bits per heavy atom. The molecule has 1 amide bonds. The fourth-order valence-electron chi connectivity index (χ4n) is 3.86. The summed E-state index contributed by atoms with van der Waals surface area (Å²) in [6, 6.07) is 6.83. The zero-order valence-corrected chi connectivity index (χ0v) is 9.94. The Balaban J connectivity index is 1.94. The first-order chi connectivity index (χ1) is 8.18. The maximum Gasteiger partial charge on any atom is 0.227 e. The smallest absolute Gasteiger partial charge is 0.227 e. The van der Waals surface area contributed by atoms with Gasteiger partial charge in [0.2, 0.25) is 5.91 Å². The van der Waals surface area contributed by atoms with Crippen LogP contribution in [0.15, 0.2) is 30.4 Å². The third-order valence-electron chi connectivity index (χ3n) is 4.64. The van der Waals surface area contributed by atoms with E-state index < -0.39 is 0 Å². The van der Waals surface area contributed by atoms with Gasteiger partial charge in [-0.05, 0) is 25.0 Å². The first-order valence-corrected chi connectivity index (χ1v) is 6.30. The Morgan fingerprint density at radius 3 is 3.06 bits per heavy atom. The molecule has 0 bridgehead atoms. The molecule has 1 aromatic rings. The number of piperidine rings is 1. The van der Waals surface area contributed by atoms with E-state index in [1.165, 1.54) is 16.7 Å². The van der Waals surface area contributed by atoms with Gasteiger partial charge >= 0.3 is 0 Å². The second-order valence-electron chi connectivity index (χ2n) is 5.51. The fourth-order valence-corrected chi connectivity index (χ4v) is 3.86. The average molecular weight is 225 g/mol. The SMILES string of the molecule is C=C1[C@@H]2CCC(=O)N3c4ccc(C)cc4[C@H]1[C@H]23. The lowest BCUT2D eigenvalue weighted by molar-refractivity contribution is -0.121. The lowest BCUT2D eigenvalue weighted by Gasteiger charge is -2.49. The van der Waals surface area contributed by atoms with Gasteiger partial charge < -0.3 is 4.90 Å². The van der Waals surface area contributed by atoms with E-state index in [1.807, 2.05) is 4.90 Å². The summed E-state index contributed by atoms with van der Waals surface area (Å²) in [5.74, 6) is 1.26. The Hall–Kier alpha value is -1.57. The summed E-state index contributed by atoms with van der Waals surface area (Å²) in [7, 11) is 0. The van der Waals surface area contributed by atoms with Crippen LogP contribution in [0.1, 0.15) is 29.9 Å². The number of hydrogen-bond acceptors (Lipinski definition) is 1. The summed E-state index contributed by atoms with van der Waals surface area (Å²) in [5.41, 5.74) is 5.08. The van der Waals surface area contributed by atoms with Crippen molar-refractivity contribution in [2.45, 2.75) is 31.7 Å². The van der Waals surface area contributed by atoms with Crippen LogP contribution in [0.5, 0.6) is 0 Å². The van der Waals surface area contributed by atoms with Crippen LogP contribution in [0, 0.1) is 12.8 Å². The number of aryl methyl sites for hydroxylation is 1. The molecule has 0 unspecified atom stereocenters. The minimum Gasteiger partial charge on any atom is -0.308 e. The molecule has 0 N–H and O–H groups in total. The summed E-state index contributed by atoms with van der Waals surface area (Å²) in [5, 5.41) is 0. The molecular formula is C15H15NO. The quantitative estimate of drug-likeness (QED) is 0.622. The number of nitrogens with zero attached hydrogens (tertiary/aromatic N) is 1. The highest BCUT2D eigenvalue weighted by Gasteiger charge is 2.57. The molecule has 2 heterocycles. The van der Waals surface area contributed by atoms with Gasteiger partial charge in [0, 0.05) is 23.9 Å². The molecule has 2 heteroatoms. The molecule has 17 heavy (non-hydrogen) atoms. The van der Waals surface area contributed by atoms with Gasteiger partial charge in [0.15, 0.2) is 0 Å². The molecule has 2 nitrogen and oxygen atoms in total. The van der Waals surface area contributed by atoms with E-state index in [4.69, 9.17) is 0 Å². The Kier molecular flexibility index (Phi) is 1.56. The molecule has 0 aromatic heterocycles. The molecule has 4 rings (SSSR count). The third-order valence-corrected chi connectivity index (χ3v) is 4.64. The van der Waals surface area contributed by atoms with E-state index in [1.54, 1.807) is 0 Å². The zero-order chi connectivity index (χ0) is 11.7. The molecular weight excluding hydrogens is 210 g/mol. The van der Waals surface area contributed by atoms with Gasteiger partial charge in [-0.15, -0.1) is 0 Å². The minimum atomic E-state index is 0.298. The fraction of sp³-hybridized carbons (Fsp3) is 0.400. The number of carbonyl (C=O) groups excluding carboxylic acids is 1. The van der Waals surface area contributed by atoms with Crippen molar-refractivity contribution in [1.29, 1.82) is 0 Å². The summed E-state index contributed by atoms with van der Waals surface area (Å²) in [6.45, 7) is 6.35. The van der Waals surface area contributed by atoms with Crippen molar-refractivity contribution in [1.82, 2.24) is 0 Å². The van der Waals surface area contributed by atoms with Crippen LogP contribution in [0.2, 0.25) is 0 Å². The van der Waals surface area contributed by atoms with E-state index in [9.17, 15) is 4.79 Å². The van der Waals surface area contributed by atoms with Crippen molar-refractivity contribution in [3.8, 4) is 0 Å². The number of fused-ring (bicyclic) bond motifs is 3. The maximum absolute atomic E-state index is 12.1. The van der Waals surface area contributed by atoms with Crippen LogP contribution >= 0.6 is 0 Å². The molecule has 86 valence electrons. The van der Waals surface area contributed by atoms with E-state index in [-0.39, 0.29) is 0 Å². The first kappa shape index (κ1) is 9.46. The highest BCUT2D eigenvalue weighted by Crippen LogP contribution is 2.60. The molecule has 3 atom stereocenters. The predicted molar refractivity (Wildman–Crippen MR) is 67.1 cm³/mol. The average Bonchev–Trinajstić information content (AvgIpc) is 2.61. The molecule has 1 saturated heterocycles. The second-order valence-corrected chi connectivity index (χ2v) is 5.51. The monoisotopic (exact) mass is 225 g/mol. The third kappa shape index (κ3) is 0.951. The van der Waals surface area contributed by atoms with Crippen molar-refractivity contribution in [2.24, 2.45) is 5.92 Å². The van der Waals surface area contributed by atoms with E-state index in [0.29, 0.717) is 30.2 Å². The van der Waals surface area contributed by atoms with Crippen LogP contribution in [0.3, 0.4) is 0 Å². The summed E-state index contributed by atoms with van der Waals surface area (Å²) >= 11 is 0. The van der Waals surface area contributed by atoms with Gasteiger partial charge in [-0.3, -0.25) is 4.79 Å². The minimum absolute atomic E-state index is 0.298. The number of benzene rings is 1. The van der Waals surface area contributed by atoms with Gasteiger partial charge in [0.25, 0.3) is 0 Å². The van der Waals surface area contributed by atoms with E-state index in [2.05, 4.69) is 31.7 Å². The Morgan fingerprint density at radius 1 is 1.41 bits per heavy atom. The highest BCUT2D eigenvalue weighted by molar-refractivity contribution is 5.99. The van der Waals surface area contributed by atoms with E-state index in [0.717, 1.165) is 12.1 Å². The standard InChI is InChI=1S/C15H15NO/c1-8-3-5-12-11(7-8)14-9(2)10-4-6-13(17)16(12)15(10)14/h3,5,7,10,14-15H,2,4,6H2,1H3/t10-,14-,15-/m0/s1. The molecule has 1 aromatic carbocycles. The predicted octanol–water partition coefficient (Wildman–Crippen LogP) is 2.77. The van der Waals surface area contributed by atoms with E-state index >= 15 is 0 Å². The van der Waals surface area contributed by atoms with Gasteiger partial charge in [-0.25, -0.2) is 0 Å². The normalized spacial score (nSPS) is 33.2. The first-order valence-electron chi connectivity index (χ1n) is 6.30. The number of rotatable bonds is 0. The lowest BCUT2D eigenvalue weighted by atomic mass is 9.62. The molecule has 1 saturated carbocycles. The molecule has 2 aliphatic heterocycles. The zero-order valence-electron chi connectivity index (χ0n) is 9.94. The van der Waals surface area contributed by atoms with Crippen molar-refractivity contribution in [2.75, 3.05) is 4.90 Å². The van der Waals surface area contributed by atoms with Crippen molar-refractivity contribution < 1.29 is 4.79 Å². The van der Waals surface area contributed by atoms with Crippen molar-refractivity contribution >= 4 is 11.6 Å². The number of carbonyl (C=O) groups is 1. The van der Waals surface area contributed by atoms with Gasteiger partial charge in [0.05, 0.1) is 6.04 Å². The summed E-state index contributed by atoms with van der Waals surface area (Å²) in [4.78, 5) is 14.1. The van der Waals surface area contributed by atoms with Gasteiger partial charge in [0.1, 0.15) is 0 Å². The summed E-state index contributed by atoms with van der Waals surface area (Å²) < 4.78 is 0. The highest BCUT2D eigenvalue weighted by atomic mass is 16.2. The van der Waals surface area contributed by atoms with Crippen LogP contribution in [0.4, 0.5) is 5.69 Å². The van der Waals surface area contributed by atoms with Crippen LogP contribution in [-0.4, -0.2) is 11.9 Å². The Labute approximate surface area is 101 Å². The number of anilines is 1. The molecule has 3 aliphatic rings. The second kappa shape index (κ2) is 2.81. The van der Waals surface area contributed by atoms with Crippen molar-refractivity contribution in [3.05, 3.63) is 41.5 Å². The van der Waals surface area contributed by atoms with Crippen LogP contribution in [0.25, 0.3) is 0 Å². The Bertz CT molecular complexity index is 560. The van der Waals surface area contributed by atoms with Crippen molar-refractivity contribution in [3.63, 3.8) is 0 Å². The maximum atomic E-state index is 12.1. The summed E-state index contributed by atoms with van der Waals surface area (Å²) in [6.07, 6.45) is 1.68. The van der Waals surface area contributed by atoms with Gasteiger partial charge in [-0.1, -0.05) is 29.8 Å².